The number of methoxy groups -OCH3 is 1. The molecule has 0 unspecified atom stereocenters. The van der Waals surface area contributed by atoms with E-state index in [9.17, 15) is 4.79 Å². The molecule has 0 saturated carbocycles. The summed E-state index contributed by atoms with van der Waals surface area (Å²) in [5, 5.41) is 6.79. The van der Waals surface area contributed by atoms with Gasteiger partial charge in [-0.1, -0.05) is 11.6 Å². The number of aryl methyl sites for hydroxylation is 1. The number of hydrogen-bond acceptors (Lipinski definition) is 7. The van der Waals surface area contributed by atoms with Gasteiger partial charge in [-0.3, -0.25) is 4.79 Å². The van der Waals surface area contributed by atoms with Crippen molar-refractivity contribution >= 4 is 28.1 Å². The summed E-state index contributed by atoms with van der Waals surface area (Å²) in [4.78, 5) is 18.9. The van der Waals surface area contributed by atoms with Crippen LogP contribution in [0, 0.1) is 6.92 Å². The summed E-state index contributed by atoms with van der Waals surface area (Å²) in [5.41, 5.74) is 5.55. The van der Waals surface area contributed by atoms with E-state index < -0.39 is 0 Å². The summed E-state index contributed by atoms with van der Waals surface area (Å²) in [7, 11) is 1.61. The average molecular weight is 374 g/mol. The number of rotatable bonds is 5. The Balaban J connectivity index is 1.69. The predicted octanol–water partition coefficient (Wildman–Crippen LogP) is 2.45. The van der Waals surface area contributed by atoms with Gasteiger partial charge in [0, 0.05) is 24.0 Å². The second-order valence-corrected chi connectivity index (χ2v) is 6.79. The lowest BCUT2D eigenvalue weighted by Gasteiger charge is -2.25. The summed E-state index contributed by atoms with van der Waals surface area (Å²) < 4.78 is 10.7. The number of hydrogen-bond donors (Lipinski definition) is 1. The number of benzene rings is 1. The molecule has 1 fully saturated rings. The van der Waals surface area contributed by atoms with Crippen molar-refractivity contribution < 1.29 is 14.3 Å². The minimum atomic E-state index is -0.327. The Morgan fingerprint density at radius 2 is 2.15 bits per heavy atom. The van der Waals surface area contributed by atoms with E-state index in [0.717, 1.165) is 35.1 Å². The van der Waals surface area contributed by atoms with Gasteiger partial charge in [0.15, 0.2) is 5.13 Å². The lowest BCUT2D eigenvalue weighted by molar-refractivity contribution is 0.0950. The molecule has 0 aliphatic carbocycles. The fourth-order valence-corrected chi connectivity index (χ4v) is 3.48. The highest BCUT2D eigenvalue weighted by atomic mass is 32.1. The zero-order valence-electron chi connectivity index (χ0n) is 15.1. The van der Waals surface area contributed by atoms with Crippen molar-refractivity contribution in [2.24, 2.45) is 5.10 Å². The van der Waals surface area contributed by atoms with E-state index in [1.165, 1.54) is 11.3 Å². The van der Waals surface area contributed by atoms with Gasteiger partial charge in [-0.25, -0.2) is 10.4 Å². The Morgan fingerprint density at radius 1 is 1.38 bits per heavy atom. The van der Waals surface area contributed by atoms with Crippen LogP contribution in [0.25, 0.3) is 0 Å². The highest BCUT2D eigenvalue weighted by molar-refractivity contribution is 7.13. The van der Waals surface area contributed by atoms with E-state index >= 15 is 0 Å². The number of ether oxygens (including phenoxy) is 2. The number of thiazole rings is 1. The molecule has 1 N–H and O–H groups in total. The Morgan fingerprint density at radius 3 is 2.88 bits per heavy atom. The van der Waals surface area contributed by atoms with Crippen molar-refractivity contribution in [3.8, 4) is 5.75 Å². The predicted molar refractivity (Wildman–Crippen MR) is 103 cm³/mol. The Labute approximate surface area is 156 Å². The maximum absolute atomic E-state index is 12.3. The maximum Gasteiger partial charge on any atom is 0.290 e. The molecule has 2 aromatic rings. The molecule has 0 spiro atoms. The quantitative estimate of drug-likeness (QED) is 0.643. The Hall–Kier alpha value is -2.45. The van der Waals surface area contributed by atoms with Gasteiger partial charge in [0.05, 0.1) is 26.0 Å². The molecular weight excluding hydrogens is 352 g/mol. The van der Waals surface area contributed by atoms with E-state index in [0.29, 0.717) is 24.6 Å². The molecule has 0 atom stereocenters. The van der Waals surface area contributed by atoms with Crippen LogP contribution in [0.5, 0.6) is 5.75 Å². The third-order valence-corrected chi connectivity index (χ3v) is 4.98. The van der Waals surface area contributed by atoms with Crippen LogP contribution in [0.4, 0.5) is 5.13 Å². The van der Waals surface area contributed by atoms with Crippen LogP contribution in [0.1, 0.15) is 28.5 Å². The van der Waals surface area contributed by atoms with E-state index in [1.54, 1.807) is 12.5 Å². The molecule has 0 radical (unpaired) electrons. The van der Waals surface area contributed by atoms with Crippen LogP contribution < -0.4 is 15.1 Å². The molecule has 26 heavy (non-hydrogen) atoms. The molecule has 138 valence electrons. The highest BCUT2D eigenvalue weighted by Crippen LogP contribution is 2.22. The number of nitrogens with zero attached hydrogens (tertiary/aromatic N) is 3. The molecule has 1 aliphatic rings. The summed E-state index contributed by atoms with van der Waals surface area (Å²) in [6.07, 6.45) is 0. The fraction of sp³-hybridized carbons (Fsp3) is 0.389. The summed E-state index contributed by atoms with van der Waals surface area (Å²) in [6.45, 7) is 6.78. The monoisotopic (exact) mass is 374 g/mol. The average Bonchev–Trinajstić information content (AvgIpc) is 3.17. The smallest absolute Gasteiger partial charge is 0.290 e. The van der Waals surface area contributed by atoms with Gasteiger partial charge in [0.2, 0.25) is 0 Å². The lowest BCUT2D eigenvalue weighted by atomic mass is 10.1. The molecule has 1 aromatic heterocycles. The third kappa shape index (κ3) is 4.20. The highest BCUT2D eigenvalue weighted by Gasteiger charge is 2.17. The van der Waals surface area contributed by atoms with E-state index in [-0.39, 0.29) is 5.91 Å². The number of amides is 1. The minimum Gasteiger partial charge on any atom is -0.496 e. The van der Waals surface area contributed by atoms with Crippen LogP contribution in [-0.4, -0.2) is 50.0 Å². The first-order valence-corrected chi connectivity index (χ1v) is 9.24. The first-order chi connectivity index (χ1) is 12.6. The standard InChI is InChI=1S/C18H22N4O3S/c1-12-4-5-16(24-3)14(10-12)13(2)20-21-17(23)15-11-26-18(19-15)22-6-8-25-9-7-22/h4-5,10-11H,6-9H2,1-3H3,(H,21,23)/b20-13-. The van der Waals surface area contributed by atoms with Crippen LogP contribution in [-0.2, 0) is 4.74 Å². The van der Waals surface area contributed by atoms with Gasteiger partial charge in [-0.2, -0.15) is 5.10 Å². The van der Waals surface area contributed by atoms with Gasteiger partial charge >= 0.3 is 0 Å². The number of aromatic nitrogens is 1. The molecule has 7 nitrogen and oxygen atoms in total. The Bertz CT molecular complexity index is 813. The molecular formula is C18H22N4O3S. The van der Waals surface area contributed by atoms with E-state index in [4.69, 9.17) is 9.47 Å². The minimum absolute atomic E-state index is 0.327. The number of carbonyl (C=O) groups excluding carboxylic acids is 1. The normalized spacial score (nSPS) is 15.0. The molecule has 3 rings (SSSR count). The molecule has 2 heterocycles. The maximum atomic E-state index is 12.3. The third-order valence-electron chi connectivity index (χ3n) is 4.08. The first-order valence-electron chi connectivity index (χ1n) is 8.36. The Kier molecular flexibility index (Phi) is 5.85. The van der Waals surface area contributed by atoms with Crippen molar-refractivity contribution in [3.05, 3.63) is 40.4 Å². The molecule has 1 aromatic carbocycles. The zero-order chi connectivity index (χ0) is 18.5. The van der Waals surface area contributed by atoms with E-state index in [2.05, 4.69) is 20.4 Å². The van der Waals surface area contributed by atoms with Crippen molar-refractivity contribution in [2.75, 3.05) is 38.3 Å². The first kappa shape index (κ1) is 18.3. The van der Waals surface area contributed by atoms with Crippen molar-refractivity contribution in [1.29, 1.82) is 0 Å². The van der Waals surface area contributed by atoms with Gasteiger partial charge in [-0.15, -0.1) is 11.3 Å². The number of morpholine rings is 1. The summed E-state index contributed by atoms with van der Waals surface area (Å²) in [6, 6.07) is 5.83. The summed E-state index contributed by atoms with van der Waals surface area (Å²) in [5.74, 6) is 0.390. The summed E-state index contributed by atoms with van der Waals surface area (Å²) >= 11 is 1.45. The van der Waals surface area contributed by atoms with Crippen molar-refractivity contribution in [1.82, 2.24) is 10.4 Å². The van der Waals surface area contributed by atoms with Crippen LogP contribution in [0.3, 0.4) is 0 Å². The van der Waals surface area contributed by atoms with Crippen molar-refractivity contribution in [2.45, 2.75) is 13.8 Å². The van der Waals surface area contributed by atoms with Gasteiger partial charge in [-0.05, 0) is 26.0 Å². The zero-order valence-corrected chi connectivity index (χ0v) is 15.9. The second-order valence-electron chi connectivity index (χ2n) is 5.96. The molecule has 1 saturated heterocycles. The SMILES string of the molecule is COc1ccc(C)cc1/C(C)=N\NC(=O)c1csc(N2CCOCC2)n1. The fourth-order valence-electron chi connectivity index (χ4n) is 2.63. The number of nitrogens with one attached hydrogen (secondary N) is 1. The number of hydrazone groups is 1. The van der Waals surface area contributed by atoms with E-state index in [1.807, 2.05) is 32.0 Å². The largest absolute Gasteiger partial charge is 0.496 e. The van der Waals surface area contributed by atoms with Crippen molar-refractivity contribution in [3.63, 3.8) is 0 Å². The van der Waals surface area contributed by atoms with Gasteiger partial charge < -0.3 is 14.4 Å². The number of anilines is 1. The molecule has 1 aliphatic heterocycles. The molecule has 0 bridgehead atoms. The van der Waals surface area contributed by atoms with Crippen LogP contribution in [0.2, 0.25) is 0 Å². The number of carbonyl (C=O) groups is 1. The second kappa shape index (κ2) is 8.29. The topological polar surface area (TPSA) is 76.0 Å². The van der Waals surface area contributed by atoms with Crippen LogP contribution in [0.15, 0.2) is 28.7 Å². The lowest BCUT2D eigenvalue weighted by Crippen LogP contribution is -2.36. The van der Waals surface area contributed by atoms with Gasteiger partial charge in [0.25, 0.3) is 5.91 Å². The van der Waals surface area contributed by atoms with Crippen LogP contribution >= 0.6 is 11.3 Å². The molecule has 8 heteroatoms. The molecule has 1 amide bonds. The van der Waals surface area contributed by atoms with Gasteiger partial charge in [0.1, 0.15) is 11.4 Å².